The minimum Gasteiger partial charge on any atom is -0.372 e. The highest BCUT2D eigenvalue weighted by Crippen LogP contribution is 2.13. The molecule has 0 bridgehead atoms. The van der Waals surface area contributed by atoms with Gasteiger partial charge in [-0.25, -0.2) is 0 Å². The number of carbonyl (C=O) groups excluding carboxylic acids is 1. The Morgan fingerprint density at radius 2 is 2.00 bits per heavy atom. The molecule has 100 valence electrons. The van der Waals surface area contributed by atoms with Gasteiger partial charge in [-0.3, -0.25) is 4.79 Å². The van der Waals surface area contributed by atoms with Crippen LogP contribution >= 0.6 is 0 Å². The van der Waals surface area contributed by atoms with Gasteiger partial charge in [0.25, 0.3) is 0 Å². The van der Waals surface area contributed by atoms with Crippen LogP contribution in [0.5, 0.6) is 0 Å². The number of ether oxygens (including phenoxy) is 1. The van der Waals surface area contributed by atoms with Crippen LogP contribution in [0.2, 0.25) is 0 Å². The zero-order valence-corrected chi connectivity index (χ0v) is 11.3. The fourth-order valence-corrected chi connectivity index (χ4v) is 1.72. The van der Waals surface area contributed by atoms with Crippen molar-refractivity contribution in [2.24, 2.45) is 0 Å². The van der Waals surface area contributed by atoms with Crippen LogP contribution in [0.4, 0.5) is 0 Å². The average Bonchev–Trinajstić information content (AvgIpc) is 2.36. The Balaban J connectivity index is 2.64. The highest BCUT2D eigenvalue weighted by molar-refractivity contribution is 5.77. The summed E-state index contributed by atoms with van der Waals surface area (Å²) in [5.41, 5.74) is 1.11. The third-order valence-electron chi connectivity index (χ3n) is 2.52. The van der Waals surface area contributed by atoms with Gasteiger partial charge in [0.05, 0.1) is 6.04 Å². The maximum absolute atomic E-state index is 11.7. The summed E-state index contributed by atoms with van der Waals surface area (Å²) >= 11 is 0. The van der Waals surface area contributed by atoms with E-state index in [2.05, 4.69) is 10.2 Å². The van der Waals surface area contributed by atoms with Crippen LogP contribution < -0.4 is 5.32 Å². The number of rotatable bonds is 7. The van der Waals surface area contributed by atoms with Crippen molar-refractivity contribution in [2.45, 2.75) is 13.0 Å². The van der Waals surface area contributed by atoms with Gasteiger partial charge in [-0.05, 0) is 26.6 Å². The SMILES string of the molecule is CCOCC(=O)NC(CN(C)C)c1ccccc1. The van der Waals surface area contributed by atoms with Crippen LogP contribution in [0.25, 0.3) is 0 Å². The maximum atomic E-state index is 11.7. The molecule has 4 heteroatoms. The Labute approximate surface area is 109 Å². The smallest absolute Gasteiger partial charge is 0.246 e. The summed E-state index contributed by atoms with van der Waals surface area (Å²) in [4.78, 5) is 13.8. The number of likely N-dealkylation sites (N-methyl/N-ethyl adjacent to an activating group) is 1. The monoisotopic (exact) mass is 250 g/mol. The molecule has 0 saturated heterocycles. The molecule has 1 rings (SSSR count). The van der Waals surface area contributed by atoms with Gasteiger partial charge >= 0.3 is 0 Å². The van der Waals surface area contributed by atoms with Crippen LogP contribution in [0.3, 0.4) is 0 Å². The first kappa shape index (κ1) is 14.7. The van der Waals surface area contributed by atoms with Crippen molar-refractivity contribution in [2.75, 3.05) is 33.9 Å². The van der Waals surface area contributed by atoms with Gasteiger partial charge in [0, 0.05) is 13.2 Å². The molecule has 18 heavy (non-hydrogen) atoms. The maximum Gasteiger partial charge on any atom is 0.246 e. The normalized spacial score (nSPS) is 12.4. The van der Waals surface area contributed by atoms with Gasteiger partial charge in [-0.2, -0.15) is 0 Å². The molecular formula is C14H22N2O2. The lowest BCUT2D eigenvalue weighted by Crippen LogP contribution is -2.37. The summed E-state index contributed by atoms with van der Waals surface area (Å²) in [6.07, 6.45) is 0. The molecular weight excluding hydrogens is 228 g/mol. The van der Waals surface area contributed by atoms with E-state index in [0.29, 0.717) is 6.61 Å². The van der Waals surface area contributed by atoms with Crippen molar-refractivity contribution in [1.29, 1.82) is 0 Å². The minimum absolute atomic E-state index is 0.00541. The fourth-order valence-electron chi connectivity index (χ4n) is 1.72. The van der Waals surface area contributed by atoms with Gasteiger partial charge < -0.3 is 15.0 Å². The number of amides is 1. The summed E-state index contributed by atoms with van der Waals surface area (Å²) in [5.74, 6) is -0.0763. The fraction of sp³-hybridized carbons (Fsp3) is 0.500. The first-order valence-corrected chi connectivity index (χ1v) is 6.20. The van der Waals surface area contributed by atoms with E-state index in [1.54, 1.807) is 0 Å². The van der Waals surface area contributed by atoms with E-state index < -0.39 is 0 Å². The largest absolute Gasteiger partial charge is 0.372 e. The Morgan fingerprint density at radius 3 is 2.56 bits per heavy atom. The van der Waals surface area contributed by atoms with Crippen LogP contribution in [0.15, 0.2) is 30.3 Å². The molecule has 0 fully saturated rings. The number of nitrogens with zero attached hydrogens (tertiary/aromatic N) is 1. The van der Waals surface area contributed by atoms with Gasteiger partial charge in [-0.15, -0.1) is 0 Å². The molecule has 0 spiro atoms. The van der Waals surface area contributed by atoms with E-state index in [1.165, 1.54) is 0 Å². The number of hydrogen-bond acceptors (Lipinski definition) is 3. The van der Waals surface area contributed by atoms with Crippen molar-refractivity contribution >= 4 is 5.91 Å². The first-order chi connectivity index (χ1) is 8.63. The Morgan fingerprint density at radius 1 is 1.33 bits per heavy atom. The molecule has 1 N–H and O–H groups in total. The topological polar surface area (TPSA) is 41.6 Å². The van der Waals surface area contributed by atoms with Gasteiger partial charge in [0.1, 0.15) is 6.61 Å². The van der Waals surface area contributed by atoms with E-state index in [-0.39, 0.29) is 18.6 Å². The molecule has 1 aromatic rings. The zero-order chi connectivity index (χ0) is 13.4. The van der Waals surface area contributed by atoms with Gasteiger partial charge in [-0.1, -0.05) is 30.3 Å². The number of hydrogen-bond donors (Lipinski definition) is 1. The molecule has 1 amide bonds. The summed E-state index contributed by atoms with van der Waals surface area (Å²) < 4.78 is 5.11. The molecule has 1 aromatic carbocycles. The third kappa shape index (κ3) is 5.29. The minimum atomic E-state index is -0.0763. The lowest BCUT2D eigenvalue weighted by atomic mass is 10.1. The second-order valence-electron chi connectivity index (χ2n) is 4.43. The second-order valence-corrected chi connectivity index (χ2v) is 4.43. The van der Waals surface area contributed by atoms with E-state index in [4.69, 9.17) is 4.74 Å². The summed E-state index contributed by atoms with van der Waals surface area (Å²) in [6, 6.07) is 9.97. The zero-order valence-electron chi connectivity index (χ0n) is 11.3. The standard InChI is InChI=1S/C14H22N2O2/c1-4-18-11-14(17)15-13(10-16(2)3)12-8-6-5-7-9-12/h5-9,13H,4,10-11H2,1-3H3,(H,15,17). The van der Waals surface area contributed by atoms with E-state index in [9.17, 15) is 4.79 Å². The number of carbonyl (C=O) groups is 1. The summed E-state index contributed by atoms with van der Waals surface area (Å²) in [7, 11) is 3.98. The molecule has 0 aliphatic rings. The van der Waals surface area contributed by atoms with Crippen LogP contribution in [0, 0.1) is 0 Å². The lowest BCUT2D eigenvalue weighted by molar-refractivity contribution is -0.126. The molecule has 0 aliphatic heterocycles. The molecule has 1 atom stereocenters. The van der Waals surface area contributed by atoms with E-state index >= 15 is 0 Å². The Hall–Kier alpha value is -1.39. The summed E-state index contributed by atoms with van der Waals surface area (Å²) in [6.45, 7) is 3.31. The highest BCUT2D eigenvalue weighted by atomic mass is 16.5. The van der Waals surface area contributed by atoms with Crippen molar-refractivity contribution in [1.82, 2.24) is 10.2 Å². The van der Waals surface area contributed by atoms with Crippen molar-refractivity contribution in [3.63, 3.8) is 0 Å². The van der Waals surface area contributed by atoms with Crippen molar-refractivity contribution in [3.8, 4) is 0 Å². The predicted molar refractivity (Wildman–Crippen MR) is 72.4 cm³/mol. The second kappa shape index (κ2) is 7.84. The Bertz CT molecular complexity index is 352. The van der Waals surface area contributed by atoms with Gasteiger partial charge in [0.15, 0.2) is 0 Å². The molecule has 1 unspecified atom stereocenters. The molecule has 0 saturated carbocycles. The highest BCUT2D eigenvalue weighted by Gasteiger charge is 2.15. The van der Waals surface area contributed by atoms with Crippen LogP contribution in [-0.2, 0) is 9.53 Å². The average molecular weight is 250 g/mol. The lowest BCUT2D eigenvalue weighted by Gasteiger charge is -2.22. The Kier molecular flexibility index (Phi) is 6.39. The molecule has 0 radical (unpaired) electrons. The molecule has 0 heterocycles. The molecule has 4 nitrogen and oxygen atoms in total. The number of benzene rings is 1. The molecule has 0 aliphatic carbocycles. The van der Waals surface area contributed by atoms with Crippen LogP contribution in [0.1, 0.15) is 18.5 Å². The predicted octanol–water partition coefficient (Wildman–Crippen LogP) is 1.44. The van der Waals surface area contributed by atoms with Crippen LogP contribution in [-0.4, -0.2) is 44.7 Å². The van der Waals surface area contributed by atoms with E-state index in [1.807, 2.05) is 51.4 Å². The van der Waals surface area contributed by atoms with Crippen molar-refractivity contribution in [3.05, 3.63) is 35.9 Å². The van der Waals surface area contributed by atoms with Crippen molar-refractivity contribution < 1.29 is 9.53 Å². The van der Waals surface area contributed by atoms with E-state index in [0.717, 1.165) is 12.1 Å². The quantitative estimate of drug-likeness (QED) is 0.796. The molecule has 0 aromatic heterocycles. The van der Waals surface area contributed by atoms with Gasteiger partial charge in [0.2, 0.25) is 5.91 Å². The third-order valence-corrected chi connectivity index (χ3v) is 2.52. The summed E-state index contributed by atoms with van der Waals surface area (Å²) in [5, 5.41) is 2.99. The first-order valence-electron chi connectivity index (χ1n) is 6.20. The number of nitrogens with one attached hydrogen (secondary N) is 1.